The highest BCUT2D eigenvalue weighted by Gasteiger charge is 2.40. The molecular weight excluding hydrogens is 409 g/mol. The third-order valence-electron chi connectivity index (χ3n) is 7.70. The van der Waals surface area contributed by atoms with E-state index in [1.807, 2.05) is 18.5 Å². The molecule has 2 heterocycles. The fourth-order valence-corrected chi connectivity index (χ4v) is 5.81. The summed E-state index contributed by atoms with van der Waals surface area (Å²) in [6.45, 7) is 0. The number of hydrogen-bond donors (Lipinski definition) is 1. The summed E-state index contributed by atoms with van der Waals surface area (Å²) in [6.07, 6.45) is 9.99. The Kier molecular flexibility index (Phi) is 6.03. The number of aryl methyl sites for hydroxylation is 2. The molecule has 1 aliphatic rings. The molecule has 0 unspecified atom stereocenters. The first-order chi connectivity index (χ1) is 16.1. The quantitative estimate of drug-likeness (QED) is 0.365. The Labute approximate surface area is 195 Å². The number of nitrogens with one attached hydrogen (secondary N) is 1. The van der Waals surface area contributed by atoms with Gasteiger partial charge in [0.25, 0.3) is 0 Å². The predicted molar refractivity (Wildman–Crippen MR) is 133 cm³/mol. The van der Waals surface area contributed by atoms with E-state index in [0.717, 1.165) is 44.1 Å². The van der Waals surface area contributed by atoms with Crippen LogP contribution in [0.2, 0.25) is 0 Å². The summed E-state index contributed by atoms with van der Waals surface area (Å²) in [7, 11) is 4.27. The second-order valence-corrected chi connectivity index (χ2v) is 9.63. The Morgan fingerprint density at radius 3 is 2.45 bits per heavy atom. The van der Waals surface area contributed by atoms with Gasteiger partial charge in [0, 0.05) is 34.5 Å². The van der Waals surface area contributed by atoms with Crippen LogP contribution in [-0.2, 0) is 18.4 Å². The fourth-order valence-electron chi connectivity index (χ4n) is 5.81. The lowest BCUT2D eigenvalue weighted by Crippen LogP contribution is -2.44. The standard InChI is InChI=1S/C29H32FN3/c1-33(2)29(23-6-5-7-24(30)20-23)16-12-22(13-17-29)28-26(11-10-21-14-18-31-19-15-21)25-8-3-4-9-27(25)32-28/h3-9,14-15,18-20,22,32H,10-13,16-17H2,1-2H3. The average Bonchev–Trinajstić information content (AvgIpc) is 3.22. The Hall–Kier alpha value is -2.98. The number of nitrogens with zero attached hydrogens (tertiary/aromatic N) is 2. The van der Waals surface area contributed by atoms with E-state index in [-0.39, 0.29) is 11.4 Å². The molecule has 2 aromatic heterocycles. The zero-order chi connectivity index (χ0) is 22.8. The van der Waals surface area contributed by atoms with Crippen LogP contribution in [0.15, 0.2) is 73.1 Å². The first-order valence-electron chi connectivity index (χ1n) is 12.0. The topological polar surface area (TPSA) is 31.9 Å². The second-order valence-electron chi connectivity index (χ2n) is 9.63. The molecule has 0 spiro atoms. The molecule has 2 aromatic carbocycles. The lowest BCUT2D eigenvalue weighted by molar-refractivity contribution is 0.0900. The molecule has 0 aliphatic heterocycles. The summed E-state index contributed by atoms with van der Waals surface area (Å²) in [5.74, 6) is 0.344. The number of hydrogen-bond acceptors (Lipinski definition) is 2. The average molecular weight is 442 g/mol. The normalized spacial score (nSPS) is 21.0. The van der Waals surface area contributed by atoms with E-state index in [1.165, 1.54) is 33.8 Å². The SMILES string of the molecule is CN(C)C1(c2cccc(F)c2)CCC(c2[nH]c3ccccc3c2CCc2ccncc2)CC1. The van der Waals surface area contributed by atoms with E-state index in [1.54, 1.807) is 6.07 Å². The molecule has 1 saturated carbocycles. The molecular formula is C29H32FN3. The van der Waals surface area contributed by atoms with E-state index in [9.17, 15) is 4.39 Å². The van der Waals surface area contributed by atoms with Gasteiger partial charge in [-0.15, -0.1) is 0 Å². The van der Waals surface area contributed by atoms with Crippen LogP contribution in [0.25, 0.3) is 10.9 Å². The van der Waals surface area contributed by atoms with Crippen molar-refractivity contribution in [3.63, 3.8) is 0 Å². The molecule has 0 amide bonds. The Morgan fingerprint density at radius 1 is 0.970 bits per heavy atom. The van der Waals surface area contributed by atoms with Crippen molar-refractivity contribution in [2.45, 2.75) is 50.0 Å². The van der Waals surface area contributed by atoms with Crippen molar-refractivity contribution >= 4 is 10.9 Å². The van der Waals surface area contributed by atoms with Crippen molar-refractivity contribution in [2.75, 3.05) is 14.1 Å². The number of para-hydroxylation sites is 1. The van der Waals surface area contributed by atoms with Gasteiger partial charge < -0.3 is 4.98 Å². The summed E-state index contributed by atoms with van der Waals surface area (Å²) < 4.78 is 14.1. The summed E-state index contributed by atoms with van der Waals surface area (Å²) >= 11 is 0. The monoisotopic (exact) mass is 441 g/mol. The molecule has 1 fully saturated rings. The van der Waals surface area contributed by atoms with Crippen molar-refractivity contribution in [1.29, 1.82) is 0 Å². The van der Waals surface area contributed by atoms with Crippen molar-refractivity contribution < 1.29 is 4.39 Å². The van der Waals surface area contributed by atoms with Crippen LogP contribution >= 0.6 is 0 Å². The Morgan fingerprint density at radius 2 is 1.73 bits per heavy atom. The summed E-state index contributed by atoms with van der Waals surface area (Å²) in [5.41, 5.74) is 6.39. The highest BCUT2D eigenvalue weighted by molar-refractivity contribution is 5.85. The van der Waals surface area contributed by atoms with Gasteiger partial charge in [-0.05, 0) is 106 Å². The van der Waals surface area contributed by atoms with Gasteiger partial charge in [-0.1, -0.05) is 30.3 Å². The summed E-state index contributed by atoms with van der Waals surface area (Å²) in [6, 6.07) is 20.1. The molecule has 1 N–H and O–H groups in total. The van der Waals surface area contributed by atoms with Crippen molar-refractivity contribution in [2.24, 2.45) is 0 Å². The number of pyridine rings is 1. The molecule has 5 rings (SSSR count). The predicted octanol–water partition coefficient (Wildman–Crippen LogP) is 6.60. The van der Waals surface area contributed by atoms with Gasteiger partial charge >= 0.3 is 0 Å². The Balaban J connectivity index is 1.43. The molecule has 1 aliphatic carbocycles. The van der Waals surface area contributed by atoms with Crippen molar-refractivity contribution in [3.8, 4) is 0 Å². The maximum atomic E-state index is 14.1. The van der Waals surface area contributed by atoms with Gasteiger partial charge in [0.2, 0.25) is 0 Å². The van der Waals surface area contributed by atoms with Crippen molar-refractivity contribution in [3.05, 3.63) is 101 Å². The minimum absolute atomic E-state index is 0.109. The largest absolute Gasteiger partial charge is 0.358 e. The van der Waals surface area contributed by atoms with Gasteiger partial charge in [0.1, 0.15) is 5.82 Å². The van der Waals surface area contributed by atoms with E-state index < -0.39 is 0 Å². The van der Waals surface area contributed by atoms with Crippen LogP contribution in [0.3, 0.4) is 0 Å². The molecule has 170 valence electrons. The zero-order valence-electron chi connectivity index (χ0n) is 19.5. The fraction of sp³-hybridized carbons (Fsp3) is 0.345. The van der Waals surface area contributed by atoms with Gasteiger partial charge in [0.15, 0.2) is 0 Å². The van der Waals surface area contributed by atoms with Crippen LogP contribution in [0, 0.1) is 5.82 Å². The number of halogens is 1. The van der Waals surface area contributed by atoms with Crippen LogP contribution < -0.4 is 0 Å². The number of aromatic nitrogens is 2. The lowest BCUT2D eigenvalue weighted by atomic mass is 9.70. The maximum Gasteiger partial charge on any atom is 0.123 e. The molecule has 33 heavy (non-hydrogen) atoms. The van der Waals surface area contributed by atoms with Crippen molar-refractivity contribution in [1.82, 2.24) is 14.9 Å². The zero-order valence-corrected chi connectivity index (χ0v) is 19.5. The number of fused-ring (bicyclic) bond motifs is 1. The highest BCUT2D eigenvalue weighted by Crippen LogP contribution is 2.47. The van der Waals surface area contributed by atoms with E-state index >= 15 is 0 Å². The molecule has 0 saturated heterocycles. The third kappa shape index (κ3) is 4.20. The van der Waals surface area contributed by atoms with Gasteiger partial charge in [-0.2, -0.15) is 0 Å². The number of aromatic amines is 1. The summed E-state index contributed by atoms with van der Waals surface area (Å²) in [5, 5.41) is 1.34. The number of H-pyrrole nitrogens is 1. The van der Waals surface area contributed by atoms with E-state index in [2.05, 4.69) is 71.4 Å². The number of benzene rings is 2. The van der Waals surface area contributed by atoms with Crippen LogP contribution in [0.4, 0.5) is 4.39 Å². The van der Waals surface area contributed by atoms with Crippen LogP contribution in [0.5, 0.6) is 0 Å². The van der Waals surface area contributed by atoms with Crippen LogP contribution in [0.1, 0.15) is 54.0 Å². The third-order valence-corrected chi connectivity index (χ3v) is 7.70. The van der Waals surface area contributed by atoms with E-state index in [0.29, 0.717) is 5.92 Å². The molecule has 4 aromatic rings. The smallest absolute Gasteiger partial charge is 0.123 e. The first kappa shape index (κ1) is 21.8. The van der Waals surface area contributed by atoms with Gasteiger partial charge in [-0.25, -0.2) is 4.39 Å². The van der Waals surface area contributed by atoms with E-state index in [4.69, 9.17) is 0 Å². The minimum atomic E-state index is -0.148. The van der Waals surface area contributed by atoms with Gasteiger partial charge in [-0.3, -0.25) is 9.88 Å². The molecule has 4 heteroatoms. The molecule has 0 radical (unpaired) electrons. The first-order valence-corrected chi connectivity index (χ1v) is 12.0. The van der Waals surface area contributed by atoms with Gasteiger partial charge in [0.05, 0.1) is 0 Å². The minimum Gasteiger partial charge on any atom is -0.358 e. The maximum absolute atomic E-state index is 14.1. The molecule has 3 nitrogen and oxygen atoms in total. The lowest BCUT2D eigenvalue weighted by Gasteiger charge is -2.45. The molecule has 0 bridgehead atoms. The molecule has 0 atom stereocenters. The number of rotatable bonds is 6. The van der Waals surface area contributed by atoms with Crippen LogP contribution in [-0.4, -0.2) is 29.0 Å². The second kappa shape index (κ2) is 9.11. The highest BCUT2D eigenvalue weighted by atomic mass is 19.1. The summed E-state index contributed by atoms with van der Waals surface area (Å²) in [4.78, 5) is 10.2. The Bertz CT molecular complexity index is 1220.